The van der Waals surface area contributed by atoms with E-state index in [0.717, 1.165) is 22.2 Å². The number of hydrogen-bond acceptors (Lipinski definition) is 5. The number of rotatable bonds is 5. The summed E-state index contributed by atoms with van der Waals surface area (Å²) in [5, 5.41) is 5.78. The van der Waals surface area contributed by atoms with E-state index in [1.807, 2.05) is 45.2 Å². The molecule has 0 aliphatic carbocycles. The van der Waals surface area contributed by atoms with Crippen LogP contribution < -0.4 is 5.32 Å². The van der Waals surface area contributed by atoms with Gasteiger partial charge < -0.3 is 9.73 Å². The van der Waals surface area contributed by atoms with Crippen molar-refractivity contribution < 1.29 is 9.21 Å². The zero-order chi connectivity index (χ0) is 15.5. The third-order valence-corrected chi connectivity index (χ3v) is 4.71. The fraction of sp³-hybridized carbons (Fsp3) is 0.467. The highest BCUT2D eigenvalue weighted by Crippen LogP contribution is 2.26. The normalized spacial score (nSPS) is 13.1. The minimum atomic E-state index is -0.195. The van der Waals surface area contributed by atoms with E-state index in [-0.39, 0.29) is 16.7 Å². The number of nitrogens with one attached hydrogen (secondary N) is 1. The Morgan fingerprint density at radius 2 is 2.29 bits per heavy atom. The van der Waals surface area contributed by atoms with Crippen molar-refractivity contribution in [3.8, 4) is 10.8 Å². The molecule has 2 aromatic rings. The van der Waals surface area contributed by atoms with E-state index in [9.17, 15) is 4.79 Å². The van der Waals surface area contributed by atoms with Crippen LogP contribution in [0, 0.1) is 0 Å². The largest absolute Gasteiger partial charge is 0.462 e. The number of nitrogens with zero attached hydrogens (tertiary/aromatic N) is 1. The Labute approximate surface area is 133 Å². The summed E-state index contributed by atoms with van der Waals surface area (Å²) in [7, 11) is 0. The summed E-state index contributed by atoms with van der Waals surface area (Å²) in [5.41, 5.74) is 0.783. The minimum absolute atomic E-state index is 0.0639. The summed E-state index contributed by atoms with van der Waals surface area (Å²) in [6.45, 7) is 7.88. The molecule has 21 heavy (non-hydrogen) atoms. The molecule has 0 bridgehead atoms. The summed E-state index contributed by atoms with van der Waals surface area (Å²) in [4.78, 5) is 16.5. The minimum Gasteiger partial charge on any atom is -0.462 e. The molecule has 2 rings (SSSR count). The van der Waals surface area contributed by atoms with Crippen LogP contribution in [0.15, 0.2) is 28.2 Å². The van der Waals surface area contributed by atoms with Crippen molar-refractivity contribution in [2.24, 2.45) is 0 Å². The molecule has 2 aromatic heterocycles. The Morgan fingerprint density at radius 3 is 2.90 bits per heavy atom. The molecule has 1 amide bonds. The van der Waals surface area contributed by atoms with Crippen molar-refractivity contribution in [3.05, 3.63) is 29.5 Å². The highest BCUT2D eigenvalue weighted by Gasteiger charge is 2.20. The molecule has 0 radical (unpaired) electrons. The number of hydrogen-bond donors (Lipinski definition) is 1. The molecule has 1 N–H and O–H groups in total. The number of furan rings is 1. The molecule has 2 heterocycles. The number of aromatic nitrogens is 1. The molecule has 0 aliphatic rings. The highest BCUT2D eigenvalue weighted by atomic mass is 32.2. The van der Waals surface area contributed by atoms with Crippen molar-refractivity contribution in [2.75, 3.05) is 0 Å². The molecule has 114 valence electrons. The molecular formula is C15H20N2O2S2. The van der Waals surface area contributed by atoms with Crippen LogP contribution in [0.3, 0.4) is 0 Å². The molecule has 1 unspecified atom stereocenters. The van der Waals surface area contributed by atoms with Crippen molar-refractivity contribution >= 4 is 29.0 Å². The Morgan fingerprint density at radius 1 is 1.52 bits per heavy atom. The van der Waals surface area contributed by atoms with Crippen LogP contribution in [-0.2, 0) is 10.5 Å². The van der Waals surface area contributed by atoms with Gasteiger partial charge in [-0.15, -0.1) is 23.1 Å². The zero-order valence-corrected chi connectivity index (χ0v) is 14.3. The second-order valence-corrected chi connectivity index (χ2v) is 8.00. The maximum Gasteiger partial charge on any atom is 0.233 e. The first-order valence-corrected chi connectivity index (χ1v) is 8.70. The second kappa shape index (κ2) is 6.66. The van der Waals surface area contributed by atoms with Gasteiger partial charge in [-0.25, -0.2) is 4.98 Å². The van der Waals surface area contributed by atoms with Gasteiger partial charge in [0.25, 0.3) is 0 Å². The summed E-state index contributed by atoms with van der Waals surface area (Å²) in [6, 6.07) is 3.75. The smallest absolute Gasteiger partial charge is 0.233 e. The molecule has 0 spiro atoms. The Hall–Kier alpha value is -1.27. The van der Waals surface area contributed by atoms with Gasteiger partial charge in [0.05, 0.1) is 17.2 Å². The molecule has 0 fully saturated rings. The van der Waals surface area contributed by atoms with E-state index in [2.05, 4.69) is 10.3 Å². The van der Waals surface area contributed by atoms with E-state index >= 15 is 0 Å². The molecule has 0 aliphatic heterocycles. The molecule has 4 nitrogen and oxygen atoms in total. The van der Waals surface area contributed by atoms with Crippen molar-refractivity contribution in [1.29, 1.82) is 0 Å². The van der Waals surface area contributed by atoms with E-state index < -0.39 is 0 Å². The zero-order valence-electron chi connectivity index (χ0n) is 12.7. The van der Waals surface area contributed by atoms with Gasteiger partial charge in [-0.2, -0.15) is 0 Å². The lowest BCUT2D eigenvalue weighted by molar-refractivity contribution is -0.121. The molecule has 0 aromatic carbocycles. The predicted octanol–water partition coefficient (Wildman–Crippen LogP) is 3.94. The SMILES string of the molecule is CC(SCc1csc(-c2ccco2)n1)C(=O)NC(C)(C)C. The molecule has 0 saturated carbocycles. The number of carbonyl (C=O) groups is 1. The van der Waals surface area contributed by atoms with Crippen molar-refractivity contribution in [1.82, 2.24) is 10.3 Å². The maximum absolute atomic E-state index is 12.0. The van der Waals surface area contributed by atoms with Crippen molar-refractivity contribution in [2.45, 2.75) is 44.2 Å². The second-order valence-electron chi connectivity index (χ2n) is 5.81. The van der Waals surface area contributed by atoms with Crippen LogP contribution in [0.5, 0.6) is 0 Å². The molecule has 1 atom stereocenters. The predicted molar refractivity (Wildman–Crippen MR) is 88.5 cm³/mol. The lowest BCUT2D eigenvalue weighted by Gasteiger charge is -2.22. The fourth-order valence-electron chi connectivity index (χ4n) is 1.64. The van der Waals surface area contributed by atoms with Crippen LogP contribution in [0.25, 0.3) is 10.8 Å². The number of thiazole rings is 1. The van der Waals surface area contributed by atoms with E-state index in [1.54, 1.807) is 29.4 Å². The quantitative estimate of drug-likeness (QED) is 0.905. The van der Waals surface area contributed by atoms with Crippen LogP contribution in [0.1, 0.15) is 33.4 Å². The van der Waals surface area contributed by atoms with Crippen molar-refractivity contribution in [3.63, 3.8) is 0 Å². The average Bonchev–Trinajstić information content (AvgIpc) is 3.04. The highest BCUT2D eigenvalue weighted by molar-refractivity contribution is 7.99. The first-order valence-electron chi connectivity index (χ1n) is 6.77. The first-order chi connectivity index (χ1) is 9.85. The van der Waals surface area contributed by atoms with E-state index in [4.69, 9.17) is 4.42 Å². The van der Waals surface area contributed by atoms with Gasteiger partial charge in [0.15, 0.2) is 10.8 Å². The van der Waals surface area contributed by atoms with Gasteiger partial charge in [-0.1, -0.05) is 0 Å². The number of carbonyl (C=O) groups excluding carboxylic acids is 1. The Balaban J connectivity index is 1.87. The Kier molecular flexibility index (Phi) is 5.11. The molecule has 0 saturated heterocycles. The van der Waals surface area contributed by atoms with Gasteiger partial charge in [0, 0.05) is 16.7 Å². The number of thioether (sulfide) groups is 1. The van der Waals surface area contributed by atoms with Crippen LogP contribution in [-0.4, -0.2) is 21.7 Å². The van der Waals surface area contributed by atoms with Crippen LogP contribution in [0.2, 0.25) is 0 Å². The lowest BCUT2D eigenvalue weighted by Crippen LogP contribution is -2.44. The summed E-state index contributed by atoms with van der Waals surface area (Å²) in [5.74, 6) is 1.57. The summed E-state index contributed by atoms with van der Waals surface area (Å²) < 4.78 is 5.33. The van der Waals surface area contributed by atoms with Crippen LogP contribution in [0.4, 0.5) is 0 Å². The standard InChI is InChI=1S/C15H20N2O2S2/c1-10(13(18)17-15(2,3)4)20-8-11-9-21-14(16-11)12-6-5-7-19-12/h5-7,9-10H,8H2,1-4H3,(H,17,18). The number of amides is 1. The van der Waals surface area contributed by atoms with Gasteiger partial charge in [-0.05, 0) is 39.8 Å². The third kappa shape index (κ3) is 4.89. The summed E-state index contributed by atoms with van der Waals surface area (Å²) >= 11 is 3.15. The monoisotopic (exact) mass is 324 g/mol. The van der Waals surface area contributed by atoms with Crippen LogP contribution >= 0.6 is 23.1 Å². The lowest BCUT2D eigenvalue weighted by atomic mass is 10.1. The van der Waals surface area contributed by atoms with Gasteiger partial charge in [0.1, 0.15) is 0 Å². The maximum atomic E-state index is 12.0. The average molecular weight is 324 g/mol. The van der Waals surface area contributed by atoms with Gasteiger partial charge in [-0.3, -0.25) is 4.79 Å². The summed E-state index contributed by atoms with van der Waals surface area (Å²) in [6.07, 6.45) is 1.64. The topological polar surface area (TPSA) is 55.1 Å². The fourth-order valence-corrected chi connectivity index (χ4v) is 3.31. The molecule has 6 heteroatoms. The van der Waals surface area contributed by atoms with Gasteiger partial charge >= 0.3 is 0 Å². The third-order valence-electron chi connectivity index (χ3n) is 2.63. The van der Waals surface area contributed by atoms with E-state index in [1.165, 1.54) is 0 Å². The first kappa shape index (κ1) is 16.1. The van der Waals surface area contributed by atoms with Gasteiger partial charge in [0.2, 0.25) is 5.91 Å². The Bertz CT molecular complexity index is 585. The van der Waals surface area contributed by atoms with E-state index in [0.29, 0.717) is 0 Å². The molecular weight excluding hydrogens is 304 g/mol.